The molecule has 1 heterocycles. The number of rotatable bonds is 7. The number of nitrogens with zero attached hydrogens (tertiary/aromatic N) is 2. The number of amides is 1. The van der Waals surface area contributed by atoms with Crippen LogP contribution in [0.15, 0.2) is 5.38 Å². The summed E-state index contributed by atoms with van der Waals surface area (Å²) in [5.41, 5.74) is 1.44. The fourth-order valence-corrected chi connectivity index (χ4v) is 5.26. The summed E-state index contributed by atoms with van der Waals surface area (Å²) in [7, 11) is 0. The van der Waals surface area contributed by atoms with Crippen molar-refractivity contribution in [1.82, 2.24) is 10.3 Å². The Morgan fingerprint density at radius 3 is 2.88 bits per heavy atom. The van der Waals surface area contributed by atoms with Crippen molar-refractivity contribution in [3.05, 3.63) is 11.1 Å². The summed E-state index contributed by atoms with van der Waals surface area (Å²) in [6.45, 7) is 5.33. The van der Waals surface area contributed by atoms with Crippen LogP contribution in [0.1, 0.15) is 58.1 Å². The summed E-state index contributed by atoms with van der Waals surface area (Å²) in [6.07, 6.45) is 7.69. The van der Waals surface area contributed by atoms with Gasteiger partial charge in [-0.3, -0.25) is 9.69 Å². The van der Waals surface area contributed by atoms with Crippen LogP contribution in [-0.4, -0.2) is 35.7 Å². The molecule has 3 aliphatic carbocycles. The topological polar surface area (TPSA) is 54.5 Å². The van der Waals surface area contributed by atoms with E-state index >= 15 is 0 Å². The van der Waals surface area contributed by atoms with Gasteiger partial charge in [0.2, 0.25) is 5.91 Å². The van der Waals surface area contributed by atoms with Crippen LogP contribution in [0.4, 0.5) is 5.13 Å². The van der Waals surface area contributed by atoms with Crippen molar-refractivity contribution in [2.45, 2.75) is 77.1 Å². The molecule has 0 saturated heterocycles. The Morgan fingerprint density at radius 1 is 1.50 bits per heavy atom. The maximum atomic E-state index is 11.8. The third kappa shape index (κ3) is 2.78. The molecule has 4 rings (SSSR count). The van der Waals surface area contributed by atoms with Gasteiger partial charge in [0.15, 0.2) is 5.13 Å². The molecular weight excluding hydrogens is 322 g/mol. The van der Waals surface area contributed by atoms with E-state index in [9.17, 15) is 4.79 Å². The average molecular weight is 350 g/mol. The summed E-state index contributed by atoms with van der Waals surface area (Å²) in [4.78, 5) is 18.4. The molecule has 2 atom stereocenters. The average Bonchev–Trinajstić information content (AvgIpc) is 3.19. The van der Waals surface area contributed by atoms with E-state index in [0.29, 0.717) is 23.6 Å². The Bertz CT molecular complexity index is 609. The molecule has 3 aliphatic rings. The van der Waals surface area contributed by atoms with Gasteiger partial charge >= 0.3 is 0 Å². The van der Waals surface area contributed by atoms with E-state index in [2.05, 4.69) is 17.6 Å². The molecule has 0 bridgehead atoms. The molecule has 5 nitrogen and oxygen atoms in total. The van der Waals surface area contributed by atoms with Gasteiger partial charge in [0.05, 0.1) is 11.8 Å². The van der Waals surface area contributed by atoms with Gasteiger partial charge in [-0.2, -0.15) is 0 Å². The molecular formula is C18H27N3O2S. The summed E-state index contributed by atoms with van der Waals surface area (Å²) in [5, 5.41) is 6.66. The van der Waals surface area contributed by atoms with Crippen LogP contribution in [0, 0.1) is 5.41 Å². The van der Waals surface area contributed by atoms with Crippen molar-refractivity contribution in [2.24, 2.45) is 5.41 Å². The SMILES string of the molecule is CCOC1CC(NCc2csc(N(C(C)=O)C3CC3)n2)C12CCC2. The standard InChI is InChI=1S/C18H27N3O2S/c1-3-23-16-9-15(18(16)7-4-8-18)19-10-13-11-24-17(20-13)21(12(2)22)14-5-6-14/h11,14-16,19H,3-10H2,1-2H3. The first-order valence-corrected chi connectivity index (χ1v) is 10.1. The third-order valence-corrected chi connectivity index (χ3v) is 6.85. The molecule has 1 N–H and O–H groups in total. The van der Waals surface area contributed by atoms with Crippen molar-refractivity contribution in [3.8, 4) is 0 Å². The van der Waals surface area contributed by atoms with Crippen molar-refractivity contribution in [1.29, 1.82) is 0 Å². The van der Waals surface area contributed by atoms with E-state index in [0.717, 1.165) is 43.2 Å². The summed E-state index contributed by atoms with van der Waals surface area (Å²) < 4.78 is 5.92. The lowest BCUT2D eigenvalue weighted by Crippen LogP contribution is -2.66. The Morgan fingerprint density at radius 2 is 2.29 bits per heavy atom. The highest BCUT2D eigenvalue weighted by atomic mass is 32.1. The molecule has 0 aliphatic heterocycles. The molecule has 3 fully saturated rings. The maximum Gasteiger partial charge on any atom is 0.225 e. The van der Waals surface area contributed by atoms with E-state index in [-0.39, 0.29) is 5.91 Å². The van der Waals surface area contributed by atoms with Crippen LogP contribution < -0.4 is 10.2 Å². The molecule has 1 amide bonds. The van der Waals surface area contributed by atoms with Crippen LogP contribution in [-0.2, 0) is 16.1 Å². The Balaban J connectivity index is 1.35. The highest BCUT2D eigenvalue weighted by Gasteiger charge is 2.58. The van der Waals surface area contributed by atoms with Crippen molar-refractivity contribution >= 4 is 22.4 Å². The normalized spacial score (nSPS) is 27.6. The van der Waals surface area contributed by atoms with Crippen LogP contribution in [0.25, 0.3) is 0 Å². The molecule has 1 aromatic rings. The number of anilines is 1. The summed E-state index contributed by atoms with van der Waals surface area (Å²) in [6, 6.07) is 0.937. The van der Waals surface area contributed by atoms with Crippen molar-refractivity contribution < 1.29 is 9.53 Å². The minimum absolute atomic E-state index is 0.110. The van der Waals surface area contributed by atoms with Crippen LogP contribution in [0.5, 0.6) is 0 Å². The number of nitrogens with one attached hydrogen (secondary N) is 1. The minimum atomic E-state index is 0.110. The minimum Gasteiger partial charge on any atom is -0.378 e. The van der Waals surface area contributed by atoms with Crippen molar-refractivity contribution in [2.75, 3.05) is 11.5 Å². The second-order valence-electron chi connectivity index (χ2n) is 7.44. The third-order valence-electron chi connectivity index (χ3n) is 5.96. The quantitative estimate of drug-likeness (QED) is 0.822. The number of thiazole rings is 1. The van der Waals surface area contributed by atoms with E-state index in [1.54, 1.807) is 18.3 Å². The first-order chi connectivity index (χ1) is 11.6. The highest BCUT2D eigenvalue weighted by Crippen LogP contribution is 2.57. The van der Waals surface area contributed by atoms with Crippen molar-refractivity contribution in [3.63, 3.8) is 0 Å². The number of ether oxygens (including phenoxy) is 1. The second-order valence-corrected chi connectivity index (χ2v) is 8.28. The number of hydrogen-bond acceptors (Lipinski definition) is 5. The molecule has 1 spiro atoms. The summed E-state index contributed by atoms with van der Waals surface area (Å²) >= 11 is 1.59. The van der Waals surface area contributed by atoms with Gasteiger partial charge in [0.1, 0.15) is 0 Å². The molecule has 3 saturated carbocycles. The lowest BCUT2D eigenvalue weighted by molar-refractivity contribution is -0.173. The number of carbonyl (C=O) groups excluding carboxylic acids is 1. The van der Waals surface area contributed by atoms with Gasteiger partial charge in [-0.05, 0) is 39.0 Å². The zero-order valence-corrected chi connectivity index (χ0v) is 15.4. The van der Waals surface area contributed by atoms with E-state index in [1.165, 1.54) is 19.3 Å². The first kappa shape index (κ1) is 16.5. The number of hydrogen-bond donors (Lipinski definition) is 1. The Hall–Kier alpha value is -0.980. The zero-order valence-electron chi connectivity index (χ0n) is 14.6. The lowest BCUT2D eigenvalue weighted by Gasteiger charge is -2.61. The predicted octanol–water partition coefficient (Wildman–Crippen LogP) is 3.10. The number of carbonyl (C=O) groups is 1. The molecule has 0 radical (unpaired) electrons. The lowest BCUT2D eigenvalue weighted by atomic mass is 9.51. The van der Waals surface area contributed by atoms with E-state index < -0.39 is 0 Å². The van der Waals surface area contributed by atoms with E-state index in [1.807, 2.05) is 4.90 Å². The van der Waals surface area contributed by atoms with Crippen LogP contribution in [0.3, 0.4) is 0 Å². The fourth-order valence-electron chi connectivity index (χ4n) is 4.32. The highest BCUT2D eigenvalue weighted by molar-refractivity contribution is 7.14. The van der Waals surface area contributed by atoms with E-state index in [4.69, 9.17) is 9.72 Å². The molecule has 6 heteroatoms. The first-order valence-electron chi connectivity index (χ1n) is 9.23. The maximum absolute atomic E-state index is 11.8. The largest absolute Gasteiger partial charge is 0.378 e. The molecule has 0 aromatic carbocycles. The fraction of sp³-hybridized carbons (Fsp3) is 0.778. The molecule has 2 unspecified atom stereocenters. The van der Waals surface area contributed by atoms with Crippen LogP contribution in [0.2, 0.25) is 0 Å². The second kappa shape index (κ2) is 6.39. The van der Waals surface area contributed by atoms with Gasteiger partial charge < -0.3 is 10.1 Å². The predicted molar refractivity (Wildman–Crippen MR) is 95.2 cm³/mol. The number of aromatic nitrogens is 1. The Labute approximate surface area is 147 Å². The van der Waals surface area contributed by atoms with Gasteiger partial charge in [-0.25, -0.2) is 4.98 Å². The molecule has 1 aromatic heterocycles. The monoisotopic (exact) mass is 349 g/mol. The summed E-state index contributed by atoms with van der Waals surface area (Å²) in [5.74, 6) is 0.110. The van der Waals surface area contributed by atoms with Gasteiger partial charge in [0.25, 0.3) is 0 Å². The smallest absolute Gasteiger partial charge is 0.225 e. The molecule has 24 heavy (non-hydrogen) atoms. The van der Waals surface area contributed by atoms with Gasteiger partial charge in [0, 0.05) is 43.0 Å². The van der Waals surface area contributed by atoms with Crippen LogP contribution >= 0.6 is 11.3 Å². The van der Waals surface area contributed by atoms with Gasteiger partial charge in [-0.15, -0.1) is 11.3 Å². The zero-order chi connectivity index (χ0) is 16.7. The Kier molecular flexibility index (Phi) is 4.39. The molecule has 132 valence electrons. The van der Waals surface area contributed by atoms with Gasteiger partial charge in [-0.1, -0.05) is 6.42 Å².